The number of ether oxygens (including phenoxy) is 1. The Morgan fingerprint density at radius 3 is 2.43 bits per heavy atom. The normalized spacial score (nSPS) is 18.9. The van der Waals surface area contributed by atoms with Crippen molar-refractivity contribution in [2.75, 3.05) is 26.3 Å². The van der Waals surface area contributed by atoms with Gasteiger partial charge in [0.1, 0.15) is 0 Å². The Labute approximate surface area is 96.8 Å². The summed E-state index contributed by atoms with van der Waals surface area (Å²) >= 11 is 16.0. The fourth-order valence-corrected chi connectivity index (χ4v) is 1.05. The van der Waals surface area contributed by atoms with E-state index in [-0.39, 0.29) is 0 Å². The second kappa shape index (κ2) is 5.16. The highest BCUT2D eigenvalue weighted by Crippen LogP contribution is 2.27. The number of morpholine rings is 1. The quantitative estimate of drug-likeness (QED) is 0.404. The number of rotatable bonds is 1. The highest BCUT2D eigenvalue weighted by molar-refractivity contribution is 6.76. The predicted molar refractivity (Wildman–Crippen MR) is 56.2 cm³/mol. The van der Waals surface area contributed by atoms with Crippen LogP contribution in [0.25, 0.3) is 0 Å². The van der Waals surface area contributed by atoms with Crippen LogP contribution >= 0.6 is 34.8 Å². The van der Waals surface area contributed by atoms with Crippen molar-refractivity contribution in [2.45, 2.75) is 3.79 Å². The van der Waals surface area contributed by atoms with Crippen LogP contribution in [0.3, 0.4) is 0 Å². The predicted octanol–water partition coefficient (Wildman–Crippen LogP) is 1.24. The summed E-state index contributed by atoms with van der Waals surface area (Å²) in [7, 11) is 0. The third-order valence-corrected chi connectivity index (χ3v) is 2.11. The van der Waals surface area contributed by atoms with Gasteiger partial charge < -0.3 is 9.64 Å². The lowest BCUT2D eigenvalue weighted by atomic mass is 10.5. The zero-order valence-electron chi connectivity index (χ0n) is 7.25. The van der Waals surface area contributed by atoms with Crippen molar-refractivity contribution in [3.8, 4) is 0 Å². The van der Waals surface area contributed by atoms with E-state index < -0.39 is 9.70 Å². The highest BCUT2D eigenvalue weighted by Gasteiger charge is 2.30. The number of carbonyl (C=O) groups excluding carboxylic acids is 1. The molecule has 0 unspecified atom stereocenters. The molecule has 1 fully saturated rings. The topological polar surface area (TPSA) is 41.9 Å². The molecule has 80 valence electrons. The first kappa shape index (κ1) is 12.0. The van der Waals surface area contributed by atoms with Crippen LogP contribution < -0.4 is 0 Å². The Morgan fingerprint density at radius 1 is 1.36 bits per heavy atom. The summed E-state index contributed by atoms with van der Waals surface area (Å²) in [5, 5.41) is 0. The van der Waals surface area contributed by atoms with Crippen molar-refractivity contribution in [3.05, 3.63) is 0 Å². The van der Waals surface area contributed by atoms with Gasteiger partial charge in [0.2, 0.25) is 0 Å². The Kier molecular flexibility index (Phi) is 4.44. The molecule has 1 rings (SSSR count). The first-order valence-electron chi connectivity index (χ1n) is 3.97. The van der Waals surface area contributed by atoms with Crippen molar-refractivity contribution >= 4 is 47.0 Å². The van der Waals surface area contributed by atoms with Gasteiger partial charge in [0, 0.05) is 13.1 Å². The molecule has 1 heterocycles. The first-order chi connectivity index (χ1) is 6.50. The van der Waals surface area contributed by atoms with Gasteiger partial charge in [-0.1, -0.05) is 34.8 Å². The van der Waals surface area contributed by atoms with Crippen LogP contribution in [0.2, 0.25) is 0 Å². The summed E-state index contributed by atoms with van der Waals surface area (Å²) in [5.41, 5.74) is 0. The molecule has 0 aromatic heterocycles. The largest absolute Gasteiger partial charge is 0.378 e. The number of aliphatic imine (C=N–C) groups is 1. The van der Waals surface area contributed by atoms with E-state index in [1.807, 2.05) is 4.90 Å². The Morgan fingerprint density at radius 2 is 1.93 bits per heavy atom. The molecule has 0 spiro atoms. The zero-order valence-corrected chi connectivity index (χ0v) is 9.52. The molecule has 1 aliphatic rings. The number of alkyl halides is 3. The smallest absolute Gasteiger partial charge is 0.299 e. The van der Waals surface area contributed by atoms with E-state index in [4.69, 9.17) is 39.5 Å². The second-order valence-corrected chi connectivity index (χ2v) is 4.98. The average molecular weight is 260 g/mol. The summed E-state index contributed by atoms with van der Waals surface area (Å²) in [6.07, 6.45) is 1.38. The third-order valence-electron chi connectivity index (χ3n) is 1.63. The molecular formula is C7H9Cl3N2O2. The van der Waals surface area contributed by atoms with E-state index in [2.05, 4.69) is 4.99 Å². The fraction of sp³-hybridized carbons (Fsp3) is 0.714. The van der Waals surface area contributed by atoms with Crippen LogP contribution in [0, 0.1) is 0 Å². The molecule has 1 saturated heterocycles. The van der Waals surface area contributed by atoms with Gasteiger partial charge in [-0.05, 0) is 0 Å². The van der Waals surface area contributed by atoms with Gasteiger partial charge in [-0.2, -0.15) is 0 Å². The van der Waals surface area contributed by atoms with Crippen molar-refractivity contribution < 1.29 is 9.53 Å². The van der Waals surface area contributed by atoms with Crippen molar-refractivity contribution in [2.24, 2.45) is 4.99 Å². The molecule has 0 N–H and O–H groups in total. The van der Waals surface area contributed by atoms with Crippen LogP contribution in [0.15, 0.2) is 4.99 Å². The second-order valence-electron chi connectivity index (χ2n) is 2.70. The van der Waals surface area contributed by atoms with Gasteiger partial charge in [0.05, 0.1) is 19.6 Å². The number of amides is 1. The van der Waals surface area contributed by atoms with E-state index in [1.54, 1.807) is 0 Å². The molecule has 0 bridgehead atoms. The molecule has 0 saturated carbocycles. The summed E-state index contributed by atoms with van der Waals surface area (Å²) in [6, 6.07) is 0. The van der Waals surface area contributed by atoms with Gasteiger partial charge in [-0.25, -0.2) is 4.99 Å². The van der Waals surface area contributed by atoms with Crippen LogP contribution in [-0.2, 0) is 9.53 Å². The maximum absolute atomic E-state index is 11.1. The minimum absolute atomic E-state index is 0.619. The Balaban J connectivity index is 2.42. The molecule has 7 heteroatoms. The molecule has 0 aromatic rings. The molecule has 1 aliphatic heterocycles. The van der Waals surface area contributed by atoms with E-state index >= 15 is 0 Å². The van der Waals surface area contributed by atoms with E-state index in [0.717, 1.165) is 0 Å². The van der Waals surface area contributed by atoms with Crippen LogP contribution in [0.5, 0.6) is 0 Å². The molecule has 1 amide bonds. The SMILES string of the molecule is O=C(N=CN1CCOCC1)C(Cl)(Cl)Cl. The molecule has 0 atom stereocenters. The molecule has 0 aromatic carbocycles. The number of hydrogen-bond donors (Lipinski definition) is 0. The van der Waals surface area contributed by atoms with Crippen molar-refractivity contribution in [1.82, 2.24) is 4.90 Å². The Bertz CT molecular complexity index is 234. The van der Waals surface area contributed by atoms with Crippen molar-refractivity contribution in [1.29, 1.82) is 0 Å². The minimum Gasteiger partial charge on any atom is -0.378 e. The van der Waals surface area contributed by atoms with Gasteiger partial charge in [-0.3, -0.25) is 4.79 Å². The molecule has 14 heavy (non-hydrogen) atoms. The summed E-state index contributed by atoms with van der Waals surface area (Å²) in [5.74, 6) is -0.783. The molecular weight excluding hydrogens is 250 g/mol. The Hall–Kier alpha value is -0.0300. The molecule has 0 aliphatic carbocycles. The van der Waals surface area contributed by atoms with E-state index in [9.17, 15) is 4.79 Å². The van der Waals surface area contributed by atoms with Gasteiger partial charge in [-0.15, -0.1) is 0 Å². The third kappa shape index (κ3) is 4.00. The van der Waals surface area contributed by atoms with Crippen LogP contribution in [0.1, 0.15) is 0 Å². The number of nitrogens with zero attached hydrogens (tertiary/aromatic N) is 2. The standard InChI is InChI=1S/C7H9Cl3N2O2/c8-7(9,10)6(13)11-5-12-1-3-14-4-2-12/h5H,1-4H2. The average Bonchev–Trinajstić information content (AvgIpc) is 2.14. The van der Waals surface area contributed by atoms with Crippen LogP contribution in [-0.4, -0.2) is 47.2 Å². The highest BCUT2D eigenvalue weighted by atomic mass is 35.6. The molecule has 0 radical (unpaired) electrons. The summed E-state index contributed by atoms with van der Waals surface area (Å²) in [4.78, 5) is 16.4. The van der Waals surface area contributed by atoms with Gasteiger partial charge in [0.15, 0.2) is 0 Å². The number of hydrogen-bond acceptors (Lipinski definition) is 2. The lowest BCUT2D eigenvalue weighted by Gasteiger charge is -2.24. The molecule has 4 nitrogen and oxygen atoms in total. The maximum atomic E-state index is 11.1. The van der Waals surface area contributed by atoms with E-state index in [0.29, 0.717) is 26.3 Å². The monoisotopic (exact) mass is 258 g/mol. The minimum atomic E-state index is -1.97. The van der Waals surface area contributed by atoms with E-state index in [1.165, 1.54) is 6.34 Å². The van der Waals surface area contributed by atoms with Gasteiger partial charge >= 0.3 is 0 Å². The fourth-order valence-electron chi connectivity index (χ4n) is 0.900. The summed E-state index contributed by atoms with van der Waals surface area (Å²) < 4.78 is 3.14. The van der Waals surface area contributed by atoms with Crippen molar-refractivity contribution in [3.63, 3.8) is 0 Å². The summed E-state index contributed by atoms with van der Waals surface area (Å²) in [6.45, 7) is 2.62. The van der Waals surface area contributed by atoms with Gasteiger partial charge in [0.25, 0.3) is 9.70 Å². The maximum Gasteiger partial charge on any atom is 0.299 e. The first-order valence-corrected chi connectivity index (χ1v) is 5.10. The lowest BCUT2D eigenvalue weighted by molar-refractivity contribution is -0.117. The number of carbonyl (C=O) groups is 1. The zero-order chi connectivity index (χ0) is 10.6. The van der Waals surface area contributed by atoms with Crippen LogP contribution in [0.4, 0.5) is 0 Å². The number of halogens is 3. The lowest BCUT2D eigenvalue weighted by Crippen LogP contribution is -2.35.